The number of benzene rings is 1. The molecule has 1 rings (SSSR count). The first kappa shape index (κ1) is 10.3. The highest BCUT2D eigenvalue weighted by Crippen LogP contribution is 2.10. The van der Waals surface area contributed by atoms with Crippen LogP contribution in [0.3, 0.4) is 0 Å². The molecule has 0 radical (unpaired) electrons. The molecule has 0 spiro atoms. The lowest BCUT2D eigenvalue weighted by molar-refractivity contribution is -0.114. The van der Waals surface area contributed by atoms with Crippen molar-refractivity contribution in [2.45, 2.75) is 6.42 Å². The van der Waals surface area contributed by atoms with Gasteiger partial charge in [0.1, 0.15) is 0 Å². The summed E-state index contributed by atoms with van der Waals surface area (Å²) in [6, 6.07) is 7.16. The van der Waals surface area contributed by atoms with Gasteiger partial charge in [0.15, 0.2) is 5.78 Å². The molecule has 0 bridgehead atoms. The molecule has 3 heteroatoms. The van der Waals surface area contributed by atoms with Crippen LogP contribution < -0.4 is 0 Å². The Bertz CT molecular complexity index is 314. The van der Waals surface area contributed by atoms with Gasteiger partial charge >= 0.3 is 0 Å². The lowest BCUT2D eigenvalue weighted by atomic mass is 10.1. The second-order valence-electron chi connectivity index (χ2n) is 2.56. The van der Waals surface area contributed by atoms with Crippen LogP contribution in [0.25, 0.3) is 0 Å². The molecule has 1 aromatic carbocycles. The second-order valence-corrected chi connectivity index (χ2v) is 3.25. The third kappa shape index (κ3) is 3.62. The van der Waals surface area contributed by atoms with E-state index >= 15 is 0 Å². The number of allylic oxidation sites excluding steroid dienone is 1. The number of carbonyl (C=O) groups is 1. The van der Waals surface area contributed by atoms with Crippen molar-refractivity contribution in [3.63, 3.8) is 0 Å². The van der Waals surface area contributed by atoms with Gasteiger partial charge < -0.3 is 0 Å². The van der Waals surface area contributed by atoms with Crippen molar-refractivity contribution in [1.29, 1.82) is 0 Å². The Morgan fingerprint density at radius 2 is 1.92 bits per heavy atom. The van der Waals surface area contributed by atoms with Gasteiger partial charge in [-0.05, 0) is 23.8 Å². The van der Waals surface area contributed by atoms with Crippen LogP contribution >= 0.6 is 23.2 Å². The summed E-state index contributed by atoms with van der Waals surface area (Å²) in [6.45, 7) is 0. The number of ketones is 1. The first-order valence-electron chi connectivity index (χ1n) is 3.76. The average Bonchev–Trinajstić information content (AvgIpc) is 2.09. The van der Waals surface area contributed by atoms with Crippen molar-refractivity contribution in [3.05, 3.63) is 46.5 Å². The maximum atomic E-state index is 11.1. The first-order chi connectivity index (χ1) is 6.22. The van der Waals surface area contributed by atoms with Crippen LogP contribution in [0.15, 0.2) is 35.9 Å². The number of hydrogen-bond acceptors (Lipinski definition) is 1. The SMILES string of the molecule is O=C(/C=C/Cl)Cc1ccc(Cl)cc1. The third-order valence-electron chi connectivity index (χ3n) is 1.54. The topological polar surface area (TPSA) is 17.1 Å². The fourth-order valence-electron chi connectivity index (χ4n) is 0.933. The minimum Gasteiger partial charge on any atom is -0.294 e. The molecular weight excluding hydrogens is 207 g/mol. The van der Waals surface area contributed by atoms with Gasteiger partial charge in [-0.1, -0.05) is 35.3 Å². The summed E-state index contributed by atoms with van der Waals surface area (Å²) in [5, 5.41) is 0.670. The Labute approximate surface area is 87.0 Å². The molecule has 0 amide bonds. The minimum atomic E-state index is -0.0164. The van der Waals surface area contributed by atoms with E-state index in [1.54, 1.807) is 12.1 Å². The van der Waals surface area contributed by atoms with Crippen LogP contribution in [0.4, 0.5) is 0 Å². The van der Waals surface area contributed by atoms with E-state index in [1.165, 1.54) is 11.6 Å². The summed E-state index contributed by atoms with van der Waals surface area (Å²) < 4.78 is 0. The van der Waals surface area contributed by atoms with Gasteiger partial charge in [-0.2, -0.15) is 0 Å². The molecule has 0 unspecified atom stereocenters. The van der Waals surface area contributed by atoms with Gasteiger partial charge in [0.2, 0.25) is 0 Å². The maximum Gasteiger partial charge on any atom is 0.160 e. The number of hydrogen-bond donors (Lipinski definition) is 0. The van der Waals surface area contributed by atoms with E-state index in [0.29, 0.717) is 11.4 Å². The van der Waals surface area contributed by atoms with Gasteiger partial charge in [-0.25, -0.2) is 0 Å². The Hall–Kier alpha value is -0.790. The lowest BCUT2D eigenvalue weighted by Crippen LogP contribution is -1.97. The first-order valence-corrected chi connectivity index (χ1v) is 4.58. The number of rotatable bonds is 3. The molecular formula is C10H8Cl2O. The van der Waals surface area contributed by atoms with Gasteiger partial charge in [0.25, 0.3) is 0 Å². The molecule has 68 valence electrons. The molecule has 0 saturated carbocycles. The van der Waals surface area contributed by atoms with Crippen molar-refractivity contribution < 1.29 is 4.79 Å². The van der Waals surface area contributed by atoms with Gasteiger partial charge in [0, 0.05) is 17.0 Å². The Morgan fingerprint density at radius 3 is 2.46 bits per heavy atom. The molecule has 0 heterocycles. The molecule has 0 fully saturated rings. The largest absolute Gasteiger partial charge is 0.294 e. The highest BCUT2D eigenvalue weighted by atomic mass is 35.5. The van der Waals surface area contributed by atoms with Crippen molar-refractivity contribution in [1.82, 2.24) is 0 Å². The molecule has 1 nitrogen and oxygen atoms in total. The lowest BCUT2D eigenvalue weighted by Gasteiger charge is -1.96. The second kappa shape index (κ2) is 5.05. The van der Waals surface area contributed by atoms with Crippen LogP contribution in [-0.4, -0.2) is 5.78 Å². The summed E-state index contributed by atoms with van der Waals surface area (Å²) >= 11 is 11.0. The van der Waals surface area contributed by atoms with Crippen molar-refractivity contribution in [2.24, 2.45) is 0 Å². The smallest absolute Gasteiger partial charge is 0.160 e. The Kier molecular flexibility index (Phi) is 4.00. The molecule has 0 aliphatic heterocycles. The van der Waals surface area contributed by atoms with Crippen molar-refractivity contribution >= 4 is 29.0 Å². The van der Waals surface area contributed by atoms with E-state index in [2.05, 4.69) is 0 Å². The summed E-state index contributed by atoms with van der Waals surface area (Å²) in [7, 11) is 0. The number of carbonyl (C=O) groups excluding carboxylic acids is 1. The quantitative estimate of drug-likeness (QED) is 0.707. The Morgan fingerprint density at radius 1 is 1.31 bits per heavy atom. The zero-order valence-electron chi connectivity index (χ0n) is 6.84. The monoisotopic (exact) mass is 214 g/mol. The molecule has 1 aromatic rings. The molecule has 13 heavy (non-hydrogen) atoms. The van der Waals surface area contributed by atoms with Crippen LogP contribution in [0.2, 0.25) is 5.02 Å². The molecule has 0 saturated heterocycles. The van der Waals surface area contributed by atoms with E-state index in [4.69, 9.17) is 23.2 Å². The molecule has 0 N–H and O–H groups in total. The summed E-state index contributed by atoms with van der Waals surface area (Å²) in [5.74, 6) is -0.0164. The third-order valence-corrected chi connectivity index (χ3v) is 1.92. The van der Waals surface area contributed by atoms with Crippen molar-refractivity contribution in [2.75, 3.05) is 0 Å². The number of halogens is 2. The van der Waals surface area contributed by atoms with Crippen LogP contribution in [-0.2, 0) is 11.2 Å². The van der Waals surface area contributed by atoms with E-state index in [1.807, 2.05) is 12.1 Å². The highest BCUT2D eigenvalue weighted by molar-refractivity contribution is 6.30. The van der Waals surface area contributed by atoms with Crippen LogP contribution in [0.1, 0.15) is 5.56 Å². The summed E-state index contributed by atoms with van der Waals surface area (Å²) in [4.78, 5) is 11.1. The van der Waals surface area contributed by atoms with E-state index in [9.17, 15) is 4.79 Å². The van der Waals surface area contributed by atoms with Gasteiger partial charge in [0.05, 0.1) is 0 Å². The molecule has 0 aromatic heterocycles. The van der Waals surface area contributed by atoms with E-state index in [0.717, 1.165) is 5.56 Å². The minimum absolute atomic E-state index is 0.0164. The van der Waals surface area contributed by atoms with Gasteiger partial charge in [-0.3, -0.25) is 4.79 Å². The normalized spacial score (nSPS) is 10.6. The van der Waals surface area contributed by atoms with Crippen molar-refractivity contribution in [3.8, 4) is 0 Å². The molecule has 0 atom stereocenters. The Balaban J connectivity index is 2.64. The summed E-state index contributed by atoms with van der Waals surface area (Å²) in [5.41, 5.74) is 2.15. The zero-order chi connectivity index (χ0) is 9.68. The molecule has 0 aliphatic carbocycles. The molecule has 0 aliphatic rings. The van der Waals surface area contributed by atoms with Crippen LogP contribution in [0.5, 0.6) is 0 Å². The standard InChI is InChI=1S/C10H8Cl2O/c11-6-5-10(13)7-8-1-3-9(12)4-2-8/h1-6H,7H2/b6-5+. The zero-order valence-corrected chi connectivity index (χ0v) is 8.35. The van der Waals surface area contributed by atoms with Gasteiger partial charge in [-0.15, -0.1) is 0 Å². The predicted octanol–water partition coefficient (Wildman–Crippen LogP) is 3.20. The summed E-state index contributed by atoms with van der Waals surface area (Å²) in [6.07, 6.45) is 1.70. The van der Waals surface area contributed by atoms with Crippen LogP contribution in [0, 0.1) is 0 Å². The average molecular weight is 215 g/mol. The van der Waals surface area contributed by atoms with E-state index in [-0.39, 0.29) is 5.78 Å². The fourth-order valence-corrected chi connectivity index (χ4v) is 1.20. The fraction of sp³-hybridized carbons (Fsp3) is 0.100. The maximum absolute atomic E-state index is 11.1. The van der Waals surface area contributed by atoms with E-state index < -0.39 is 0 Å². The highest BCUT2D eigenvalue weighted by Gasteiger charge is 1.98. The predicted molar refractivity (Wildman–Crippen MR) is 55.2 cm³/mol.